The molecule has 0 bridgehead atoms. The number of phenols is 1. The molecular weight excluding hydrogens is 252 g/mol. The number of hydrogen-bond donors (Lipinski definition) is 1. The zero-order valence-electron chi connectivity index (χ0n) is 12.0. The Kier molecular flexibility index (Phi) is 3.49. The molecule has 0 saturated carbocycles. The Hall–Kier alpha value is -1.81. The van der Waals surface area contributed by atoms with Crippen molar-refractivity contribution in [1.29, 1.82) is 0 Å². The van der Waals surface area contributed by atoms with E-state index in [0.717, 1.165) is 47.8 Å². The van der Waals surface area contributed by atoms with Gasteiger partial charge in [-0.3, -0.25) is 4.90 Å². The summed E-state index contributed by atoms with van der Waals surface area (Å²) in [6.07, 6.45) is 2.55. The molecule has 1 aromatic heterocycles. The second-order valence-corrected chi connectivity index (χ2v) is 5.57. The monoisotopic (exact) mass is 272 g/mol. The minimum absolute atomic E-state index is 0.302. The Labute approximate surface area is 119 Å². The van der Waals surface area contributed by atoms with E-state index in [9.17, 15) is 5.11 Å². The van der Waals surface area contributed by atoms with Crippen LogP contribution in [0.2, 0.25) is 0 Å². The average molecular weight is 272 g/mol. The van der Waals surface area contributed by atoms with Gasteiger partial charge < -0.3 is 9.63 Å². The summed E-state index contributed by atoms with van der Waals surface area (Å²) in [6.45, 7) is 7.02. The van der Waals surface area contributed by atoms with Crippen LogP contribution in [0.1, 0.15) is 29.9 Å². The molecule has 3 rings (SSSR count). The van der Waals surface area contributed by atoms with Crippen LogP contribution in [-0.4, -0.2) is 28.3 Å². The molecule has 0 atom stereocenters. The molecule has 20 heavy (non-hydrogen) atoms. The highest BCUT2D eigenvalue weighted by Gasteiger charge is 2.15. The van der Waals surface area contributed by atoms with Gasteiger partial charge >= 0.3 is 0 Å². The third-order valence-electron chi connectivity index (χ3n) is 3.90. The summed E-state index contributed by atoms with van der Waals surface area (Å²) in [4.78, 5) is 2.42. The van der Waals surface area contributed by atoms with Crippen molar-refractivity contribution in [3.05, 3.63) is 35.2 Å². The van der Waals surface area contributed by atoms with E-state index in [2.05, 4.69) is 16.1 Å². The standard InChI is InChI=1S/C16H20N2O2/c1-11-16(12(2)20-17-11)14-7-13(8-15(19)9-14)10-18-5-3-4-6-18/h7-9,19H,3-6,10H2,1-2H3. The normalized spacial score (nSPS) is 15.9. The number of nitrogens with zero attached hydrogens (tertiary/aromatic N) is 2. The van der Waals surface area contributed by atoms with Gasteiger partial charge in [0.25, 0.3) is 0 Å². The molecule has 1 fully saturated rings. The highest BCUT2D eigenvalue weighted by atomic mass is 16.5. The Morgan fingerprint density at radius 2 is 1.95 bits per heavy atom. The second kappa shape index (κ2) is 5.29. The molecule has 1 N–H and O–H groups in total. The van der Waals surface area contributed by atoms with Gasteiger partial charge in [-0.2, -0.15) is 0 Å². The Bertz CT molecular complexity index is 593. The first-order chi connectivity index (χ1) is 9.63. The van der Waals surface area contributed by atoms with E-state index in [1.165, 1.54) is 12.8 Å². The van der Waals surface area contributed by atoms with Gasteiger partial charge in [0.1, 0.15) is 11.5 Å². The summed E-state index contributed by atoms with van der Waals surface area (Å²) in [6, 6.07) is 5.75. The highest BCUT2D eigenvalue weighted by Crippen LogP contribution is 2.31. The zero-order valence-corrected chi connectivity index (χ0v) is 12.0. The summed E-state index contributed by atoms with van der Waals surface area (Å²) >= 11 is 0. The van der Waals surface area contributed by atoms with Crippen LogP contribution in [0.25, 0.3) is 11.1 Å². The van der Waals surface area contributed by atoms with Crippen molar-refractivity contribution in [2.45, 2.75) is 33.2 Å². The minimum atomic E-state index is 0.302. The van der Waals surface area contributed by atoms with Crippen LogP contribution in [0, 0.1) is 13.8 Å². The molecule has 1 aliphatic heterocycles. The maximum atomic E-state index is 9.98. The fraction of sp³-hybridized carbons (Fsp3) is 0.438. The molecule has 2 aromatic rings. The van der Waals surface area contributed by atoms with Gasteiger partial charge in [0.2, 0.25) is 0 Å². The van der Waals surface area contributed by atoms with Crippen molar-refractivity contribution < 1.29 is 9.63 Å². The summed E-state index contributed by atoms with van der Waals surface area (Å²) < 4.78 is 5.22. The molecule has 0 unspecified atom stereocenters. The van der Waals surface area contributed by atoms with Gasteiger partial charge in [-0.15, -0.1) is 0 Å². The molecule has 0 amide bonds. The average Bonchev–Trinajstić information content (AvgIpc) is 2.99. The second-order valence-electron chi connectivity index (χ2n) is 5.57. The number of aromatic nitrogens is 1. The molecular formula is C16H20N2O2. The number of likely N-dealkylation sites (tertiary alicyclic amines) is 1. The molecule has 0 aliphatic carbocycles. The lowest BCUT2D eigenvalue weighted by molar-refractivity contribution is 0.331. The van der Waals surface area contributed by atoms with Gasteiger partial charge in [-0.1, -0.05) is 5.16 Å². The maximum Gasteiger partial charge on any atom is 0.141 e. The van der Waals surface area contributed by atoms with Gasteiger partial charge in [0, 0.05) is 12.1 Å². The van der Waals surface area contributed by atoms with Crippen LogP contribution in [0.4, 0.5) is 0 Å². The lowest BCUT2D eigenvalue weighted by Crippen LogP contribution is -2.18. The number of rotatable bonds is 3. The van der Waals surface area contributed by atoms with Crippen LogP contribution < -0.4 is 0 Å². The van der Waals surface area contributed by atoms with Gasteiger partial charge in [0.15, 0.2) is 0 Å². The third kappa shape index (κ3) is 2.56. The number of hydrogen-bond acceptors (Lipinski definition) is 4. The smallest absolute Gasteiger partial charge is 0.141 e. The molecule has 4 nitrogen and oxygen atoms in total. The number of benzene rings is 1. The van der Waals surface area contributed by atoms with E-state index < -0.39 is 0 Å². The molecule has 0 spiro atoms. The van der Waals surface area contributed by atoms with Gasteiger partial charge in [-0.25, -0.2) is 0 Å². The van der Waals surface area contributed by atoms with Crippen LogP contribution in [0.3, 0.4) is 0 Å². The van der Waals surface area contributed by atoms with Gasteiger partial charge in [-0.05, 0) is 69.1 Å². The lowest BCUT2D eigenvalue weighted by atomic mass is 10.0. The maximum absolute atomic E-state index is 9.98. The highest BCUT2D eigenvalue weighted by molar-refractivity contribution is 5.69. The van der Waals surface area contributed by atoms with Crippen molar-refractivity contribution in [2.75, 3.05) is 13.1 Å². The summed E-state index contributed by atoms with van der Waals surface area (Å²) in [5.74, 6) is 1.09. The van der Waals surface area contributed by atoms with E-state index >= 15 is 0 Å². The topological polar surface area (TPSA) is 49.5 Å². The Morgan fingerprint density at radius 1 is 1.20 bits per heavy atom. The molecule has 0 radical (unpaired) electrons. The molecule has 4 heteroatoms. The van der Waals surface area contributed by atoms with E-state index in [1.807, 2.05) is 19.9 Å². The third-order valence-corrected chi connectivity index (χ3v) is 3.90. The van der Waals surface area contributed by atoms with Crippen LogP contribution in [-0.2, 0) is 6.54 Å². The van der Waals surface area contributed by atoms with E-state index in [1.54, 1.807) is 6.07 Å². The number of phenolic OH excluding ortho intramolecular Hbond substituents is 1. The van der Waals surface area contributed by atoms with Crippen molar-refractivity contribution in [1.82, 2.24) is 10.1 Å². The summed E-state index contributed by atoms with van der Waals surface area (Å²) in [7, 11) is 0. The summed E-state index contributed by atoms with van der Waals surface area (Å²) in [5.41, 5.74) is 3.97. The largest absolute Gasteiger partial charge is 0.508 e. The fourth-order valence-electron chi connectivity index (χ4n) is 3.00. The number of aromatic hydroxyl groups is 1. The first kappa shape index (κ1) is 13.2. The van der Waals surface area contributed by atoms with Crippen LogP contribution >= 0.6 is 0 Å². The summed E-state index contributed by atoms with van der Waals surface area (Å²) in [5, 5.41) is 14.0. The molecule has 1 saturated heterocycles. The predicted molar refractivity (Wildman–Crippen MR) is 77.6 cm³/mol. The number of aryl methyl sites for hydroxylation is 2. The van der Waals surface area contributed by atoms with E-state index in [4.69, 9.17) is 4.52 Å². The molecule has 1 aliphatic rings. The van der Waals surface area contributed by atoms with Crippen molar-refractivity contribution in [3.63, 3.8) is 0 Å². The zero-order chi connectivity index (χ0) is 14.1. The SMILES string of the molecule is Cc1noc(C)c1-c1cc(O)cc(CN2CCCC2)c1. The quantitative estimate of drug-likeness (QED) is 0.931. The van der Waals surface area contributed by atoms with Crippen molar-refractivity contribution >= 4 is 0 Å². The van der Waals surface area contributed by atoms with E-state index in [-0.39, 0.29) is 0 Å². The predicted octanol–water partition coefficient (Wildman–Crippen LogP) is 3.26. The van der Waals surface area contributed by atoms with E-state index in [0.29, 0.717) is 5.75 Å². The Balaban J connectivity index is 1.94. The Morgan fingerprint density at radius 3 is 2.60 bits per heavy atom. The van der Waals surface area contributed by atoms with Crippen LogP contribution in [0.15, 0.2) is 22.7 Å². The van der Waals surface area contributed by atoms with Crippen LogP contribution in [0.5, 0.6) is 5.75 Å². The molecule has 1 aromatic carbocycles. The fourth-order valence-corrected chi connectivity index (χ4v) is 3.00. The van der Waals surface area contributed by atoms with Gasteiger partial charge in [0.05, 0.1) is 5.69 Å². The van der Waals surface area contributed by atoms with Crippen molar-refractivity contribution in [2.24, 2.45) is 0 Å². The minimum Gasteiger partial charge on any atom is -0.508 e. The van der Waals surface area contributed by atoms with Crippen molar-refractivity contribution in [3.8, 4) is 16.9 Å². The first-order valence-corrected chi connectivity index (χ1v) is 7.12. The molecule has 106 valence electrons. The first-order valence-electron chi connectivity index (χ1n) is 7.12. The lowest BCUT2D eigenvalue weighted by Gasteiger charge is -2.15. The molecule has 2 heterocycles.